The highest BCUT2D eigenvalue weighted by atomic mass is 19.1. The summed E-state index contributed by atoms with van der Waals surface area (Å²) in [5.74, 6) is -0.737. The Morgan fingerprint density at radius 2 is 2.23 bits per heavy atom. The van der Waals surface area contributed by atoms with Crippen LogP contribution < -0.4 is 5.73 Å². The molecule has 31 heavy (non-hydrogen) atoms. The zero-order chi connectivity index (χ0) is 22.3. The van der Waals surface area contributed by atoms with Crippen molar-refractivity contribution in [2.24, 2.45) is 11.7 Å². The minimum Gasteiger partial charge on any atom is -0.390 e. The highest BCUT2D eigenvalue weighted by Crippen LogP contribution is 2.39. The number of nitrogens with two attached hydrogens (primary N) is 1. The second kappa shape index (κ2) is 7.93. The van der Waals surface area contributed by atoms with Gasteiger partial charge in [0.05, 0.1) is 23.2 Å². The monoisotopic (exact) mass is 421 g/mol. The van der Waals surface area contributed by atoms with E-state index in [9.17, 15) is 9.90 Å². The van der Waals surface area contributed by atoms with Crippen molar-refractivity contribution < 1.29 is 14.3 Å². The number of hydrogen-bond acceptors (Lipinski definition) is 3. The minimum absolute atomic E-state index is 0.0302. The molecule has 1 aromatic carbocycles. The molecule has 1 atom stereocenters. The number of aliphatic hydroxyl groups is 1. The van der Waals surface area contributed by atoms with Gasteiger partial charge in [-0.3, -0.25) is 9.78 Å². The zero-order valence-corrected chi connectivity index (χ0v) is 18.0. The number of carbonyl (C=O) groups excluding carboxylic acids is 1. The number of H-pyrrole nitrogens is 1. The number of rotatable bonds is 6. The fourth-order valence-electron chi connectivity index (χ4n) is 4.68. The van der Waals surface area contributed by atoms with E-state index in [1.165, 1.54) is 6.07 Å². The molecule has 2 aromatic heterocycles. The molecule has 0 fully saturated rings. The SMILES string of the molecule is C=Cc1ccc(Cc2c(F)cc(CC(N)=O)c3[nH]c4c(c23)CC[C@@H](C(C)(C)O)C4)cn1. The van der Waals surface area contributed by atoms with Crippen LogP contribution in [0.15, 0.2) is 31.0 Å². The zero-order valence-electron chi connectivity index (χ0n) is 18.0. The third-order valence-corrected chi connectivity index (χ3v) is 6.40. The standard InChI is InChI=1S/C25H28FN3O2/c1-4-17-7-5-14(13-28-17)9-19-20(26)10-15(11-22(27)30)24-23(19)18-8-6-16(25(2,3)31)12-21(18)29-24/h4-5,7,10,13,16,29,31H,1,6,8-9,11-12H2,2-3H3,(H2,27,30)/t16-/m1/s1. The number of aryl methyl sites for hydroxylation is 1. The third kappa shape index (κ3) is 4.12. The molecule has 1 aliphatic rings. The van der Waals surface area contributed by atoms with Crippen molar-refractivity contribution in [1.29, 1.82) is 0 Å². The number of benzene rings is 1. The van der Waals surface area contributed by atoms with Crippen LogP contribution in [-0.2, 0) is 30.5 Å². The number of pyridine rings is 1. The third-order valence-electron chi connectivity index (χ3n) is 6.40. The molecule has 3 aromatic rings. The Morgan fingerprint density at radius 1 is 1.45 bits per heavy atom. The first kappa shape index (κ1) is 21.2. The van der Waals surface area contributed by atoms with E-state index < -0.39 is 11.5 Å². The van der Waals surface area contributed by atoms with Crippen LogP contribution in [0, 0.1) is 11.7 Å². The van der Waals surface area contributed by atoms with Crippen molar-refractivity contribution in [2.45, 2.75) is 51.6 Å². The maximum absolute atomic E-state index is 15.3. The molecule has 0 spiro atoms. The van der Waals surface area contributed by atoms with Crippen molar-refractivity contribution in [2.75, 3.05) is 0 Å². The maximum Gasteiger partial charge on any atom is 0.221 e. The topological polar surface area (TPSA) is 92.0 Å². The highest BCUT2D eigenvalue weighted by molar-refractivity contribution is 5.93. The highest BCUT2D eigenvalue weighted by Gasteiger charge is 2.33. The van der Waals surface area contributed by atoms with Crippen molar-refractivity contribution in [1.82, 2.24) is 9.97 Å². The van der Waals surface area contributed by atoms with Crippen molar-refractivity contribution in [3.05, 3.63) is 70.4 Å². The van der Waals surface area contributed by atoms with Crippen molar-refractivity contribution in [3.63, 3.8) is 0 Å². The average molecular weight is 422 g/mol. The van der Waals surface area contributed by atoms with Gasteiger partial charge in [0.15, 0.2) is 0 Å². The Labute approximate surface area is 181 Å². The van der Waals surface area contributed by atoms with Gasteiger partial charge in [-0.2, -0.15) is 0 Å². The minimum atomic E-state index is -0.794. The molecule has 0 bridgehead atoms. The number of fused-ring (bicyclic) bond motifs is 3. The fourth-order valence-corrected chi connectivity index (χ4v) is 4.68. The quantitative estimate of drug-likeness (QED) is 0.565. The van der Waals surface area contributed by atoms with E-state index in [1.807, 2.05) is 26.0 Å². The van der Waals surface area contributed by atoms with Gasteiger partial charge in [0.25, 0.3) is 0 Å². The molecule has 0 unspecified atom stereocenters. The van der Waals surface area contributed by atoms with E-state index in [-0.39, 0.29) is 18.2 Å². The van der Waals surface area contributed by atoms with Crippen molar-refractivity contribution in [3.8, 4) is 0 Å². The lowest BCUT2D eigenvalue weighted by atomic mass is 9.77. The molecule has 2 heterocycles. The molecule has 162 valence electrons. The predicted molar refractivity (Wildman–Crippen MR) is 120 cm³/mol. The van der Waals surface area contributed by atoms with Crippen LogP contribution in [0.25, 0.3) is 17.0 Å². The van der Waals surface area contributed by atoms with E-state index in [4.69, 9.17) is 5.73 Å². The lowest BCUT2D eigenvalue weighted by molar-refractivity contribution is -0.117. The van der Waals surface area contributed by atoms with Gasteiger partial charge in [-0.1, -0.05) is 12.6 Å². The Morgan fingerprint density at radius 3 is 2.84 bits per heavy atom. The van der Waals surface area contributed by atoms with Gasteiger partial charge < -0.3 is 15.8 Å². The Bertz CT molecular complexity index is 1160. The van der Waals surface area contributed by atoms with Crippen LogP contribution in [-0.4, -0.2) is 26.6 Å². The number of carbonyl (C=O) groups is 1. The normalized spacial score (nSPS) is 16.3. The second-order valence-corrected chi connectivity index (χ2v) is 9.04. The summed E-state index contributed by atoms with van der Waals surface area (Å²) in [6.45, 7) is 7.37. The van der Waals surface area contributed by atoms with Crippen LogP contribution in [0.3, 0.4) is 0 Å². The van der Waals surface area contributed by atoms with Crippen LogP contribution in [0.5, 0.6) is 0 Å². The molecular weight excluding hydrogens is 393 g/mol. The predicted octanol–water partition coefficient (Wildman–Crippen LogP) is 3.84. The summed E-state index contributed by atoms with van der Waals surface area (Å²) >= 11 is 0. The van der Waals surface area contributed by atoms with Crippen LogP contribution >= 0.6 is 0 Å². The summed E-state index contributed by atoms with van der Waals surface area (Å²) in [5.41, 5.74) is 10.3. The van der Waals surface area contributed by atoms with Gasteiger partial charge in [0.1, 0.15) is 5.82 Å². The lowest BCUT2D eigenvalue weighted by Crippen LogP contribution is -2.35. The number of nitrogens with zero attached hydrogens (tertiary/aromatic N) is 1. The van der Waals surface area contributed by atoms with E-state index in [1.54, 1.807) is 12.3 Å². The molecule has 1 amide bonds. The molecule has 0 saturated heterocycles. The van der Waals surface area contributed by atoms with Crippen molar-refractivity contribution >= 4 is 22.9 Å². The number of nitrogens with one attached hydrogen (secondary N) is 1. The van der Waals surface area contributed by atoms with Crippen LogP contribution in [0.2, 0.25) is 0 Å². The molecule has 0 radical (unpaired) electrons. The van der Waals surface area contributed by atoms with E-state index in [2.05, 4.69) is 16.5 Å². The summed E-state index contributed by atoms with van der Waals surface area (Å²) in [4.78, 5) is 19.4. The number of hydrogen-bond donors (Lipinski definition) is 3. The first-order valence-electron chi connectivity index (χ1n) is 10.6. The van der Waals surface area contributed by atoms with E-state index in [0.717, 1.165) is 46.3 Å². The van der Waals surface area contributed by atoms with Gasteiger partial charge in [-0.05, 0) is 73.9 Å². The number of primary amides is 1. The van der Waals surface area contributed by atoms with Gasteiger partial charge >= 0.3 is 0 Å². The number of amides is 1. The number of aromatic amines is 1. The number of halogens is 1. The Hall–Kier alpha value is -2.99. The first-order valence-corrected chi connectivity index (χ1v) is 10.6. The van der Waals surface area contributed by atoms with Gasteiger partial charge in [-0.25, -0.2) is 4.39 Å². The van der Waals surface area contributed by atoms with Crippen LogP contribution in [0.4, 0.5) is 4.39 Å². The average Bonchev–Trinajstić information content (AvgIpc) is 3.09. The number of aromatic nitrogens is 2. The van der Waals surface area contributed by atoms with Gasteiger partial charge in [0, 0.05) is 29.3 Å². The largest absolute Gasteiger partial charge is 0.390 e. The maximum atomic E-state index is 15.3. The molecule has 6 heteroatoms. The fraction of sp³-hybridized carbons (Fsp3) is 0.360. The second-order valence-electron chi connectivity index (χ2n) is 9.04. The molecule has 5 nitrogen and oxygen atoms in total. The lowest BCUT2D eigenvalue weighted by Gasteiger charge is -2.32. The molecule has 0 saturated carbocycles. The summed E-state index contributed by atoms with van der Waals surface area (Å²) in [6, 6.07) is 5.21. The van der Waals surface area contributed by atoms with Gasteiger partial charge in [-0.15, -0.1) is 0 Å². The molecule has 4 rings (SSSR count). The molecule has 1 aliphatic carbocycles. The molecular formula is C25H28FN3O2. The van der Waals surface area contributed by atoms with E-state index in [0.29, 0.717) is 24.0 Å². The summed E-state index contributed by atoms with van der Waals surface area (Å²) in [5, 5.41) is 11.3. The smallest absolute Gasteiger partial charge is 0.221 e. The summed E-state index contributed by atoms with van der Waals surface area (Å²) in [6.07, 6.45) is 6.01. The van der Waals surface area contributed by atoms with Gasteiger partial charge in [0.2, 0.25) is 5.91 Å². The molecule has 0 aliphatic heterocycles. The first-order chi connectivity index (χ1) is 14.7. The Kier molecular flexibility index (Phi) is 5.43. The summed E-state index contributed by atoms with van der Waals surface area (Å²) < 4.78 is 15.3. The van der Waals surface area contributed by atoms with Crippen LogP contribution in [0.1, 0.15) is 53.9 Å². The Balaban J connectivity index is 1.85. The summed E-state index contributed by atoms with van der Waals surface area (Å²) in [7, 11) is 0. The molecule has 4 N–H and O–H groups in total. The van der Waals surface area contributed by atoms with E-state index >= 15 is 4.39 Å².